The highest BCUT2D eigenvalue weighted by molar-refractivity contribution is 6.33. The molecule has 2 aromatic carbocycles. The fourth-order valence-corrected chi connectivity index (χ4v) is 3.61. The van der Waals surface area contributed by atoms with E-state index in [0.29, 0.717) is 0 Å². The van der Waals surface area contributed by atoms with Gasteiger partial charge in [0.05, 0.1) is 28.7 Å². The lowest BCUT2D eigenvalue weighted by Gasteiger charge is -2.38. The number of carbonyl (C=O) groups is 2. The van der Waals surface area contributed by atoms with Gasteiger partial charge in [-0.05, 0) is 38.1 Å². The van der Waals surface area contributed by atoms with Crippen LogP contribution in [0.15, 0.2) is 59.7 Å². The Hall–Kier alpha value is -3.07. The number of halogens is 4. The predicted octanol–water partition coefficient (Wildman–Crippen LogP) is 4.66. The molecule has 6 nitrogen and oxygen atoms in total. The zero-order valence-electron chi connectivity index (χ0n) is 16.6. The number of amides is 1. The number of para-hydroxylation sites is 2. The molecule has 0 saturated carbocycles. The lowest BCUT2D eigenvalue weighted by Crippen LogP contribution is -2.66. The average Bonchev–Trinajstić information content (AvgIpc) is 3.02. The molecule has 0 spiro atoms. The Morgan fingerprint density at radius 2 is 1.77 bits per heavy atom. The topological polar surface area (TPSA) is 71.0 Å². The van der Waals surface area contributed by atoms with Crippen molar-refractivity contribution in [2.24, 2.45) is 11.0 Å². The van der Waals surface area contributed by atoms with Crippen molar-refractivity contribution in [1.29, 1.82) is 0 Å². The third kappa shape index (κ3) is 3.97. The van der Waals surface area contributed by atoms with Crippen molar-refractivity contribution in [2.45, 2.75) is 25.6 Å². The molecule has 1 heterocycles. The van der Waals surface area contributed by atoms with Gasteiger partial charge in [0.1, 0.15) is 5.92 Å². The number of alkyl halides is 3. The number of esters is 1. The highest BCUT2D eigenvalue weighted by Gasteiger charge is 2.70. The number of hydrogen-bond acceptors (Lipinski definition) is 5. The van der Waals surface area contributed by atoms with E-state index in [9.17, 15) is 22.8 Å². The number of nitrogens with zero attached hydrogens (tertiary/aromatic N) is 2. The van der Waals surface area contributed by atoms with E-state index in [1.165, 1.54) is 50.2 Å². The van der Waals surface area contributed by atoms with Gasteiger partial charge in [-0.1, -0.05) is 41.9 Å². The van der Waals surface area contributed by atoms with Crippen LogP contribution in [-0.2, 0) is 14.3 Å². The van der Waals surface area contributed by atoms with Crippen LogP contribution in [0.1, 0.15) is 13.8 Å². The maximum Gasteiger partial charge on any atom is 0.423 e. The monoisotopic (exact) mass is 453 g/mol. The van der Waals surface area contributed by atoms with Crippen LogP contribution in [0.2, 0.25) is 5.02 Å². The first-order valence-electron chi connectivity index (χ1n) is 9.34. The summed E-state index contributed by atoms with van der Waals surface area (Å²) in [5, 5.41) is 7.03. The van der Waals surface area contributed by atoms with Gasteiger partial charge in [-0.15, -0.1) is 0 Å². The zero-order valence-corrected chi connectivity index (χ0v) is 17.4. The summed E-state index contributed by atoms with van der Waals surface area (Å²) in [6.45, 7) is 2.32. The van der Waals surface area contributed by atoms with Crippen molar-refractivity contribution in [1.82, 2.24) is 0 Å². The van der Waals surface area contributed by atoms with Gasteiger partial charge in [-0.2, -0.15) is 18.3 Å². The first-order chi connectivity index (χ1) is 14.6. The van der Waals surface area contributed by atoms with Crippen molar-refractivity contribution in [3.63, 3.8) is 0 Å². The van der Waals surface area contributed by atoms with Crippen molar-refractivity contribution >= 4 is 40.6 Å². The third-order valence-electron chi connectivity index (χ3n) is 4.82. The molecule has 0 aromatic heterocycles. The van der Waals surface area contributed by atoms with E-state index in [4.69, 9.17) is 16.3 Å². The summed E-state index contributed by atoms with van der Waals surface area (Å²) in [4.78, 5) is 26.1. The van der Waals surface area contributed by atoms with Crippen LogP contribution in [0.25, 0.3) is 0 Å². The first kappa shape index (κ1) is 22.6. The second-order valence-electron chi connectivity index (χ2n) is 6.79. The second-order valence-corrected chi connectivity index (χ2v) is 7.20. The summed E-state index contributed by atoms with van der Waals surface area (Å²) >= 11 is 6.06. The van der Waals surface area contributed by atoms with E-state index in [1.54, 1.807) is 18.2 Å². The molecular formula is C21H19ClF3N3O3. The summed E-state index contributed by atoms with van der Waals surface area (Å²) in [7, 11) is 0. The minimum Gasteiger partial charge on any atom is -0.464 e. The SMILES string of the molecule is CCOC(=O)[C@](Nc1ccccc1Cl)([C@@H]1C(=O)N(c2ccccc2)N=C1C)C(F)(F)F. The molecule has 1 aliphatic rings. The minimum atomic E-state index is -5.23. The molecule has 2 atom stereocenters. The molecule has 2 aromatic rings. The van der Waals surface area contributed by atoms with Crippen molar-refractivity contribution in [3.8, 4) is 0 Å². The fourth-order valence-electron chi connectivity index (χ4n) is 3.43. The highest BCUT2D eigenvalue weighted by atomic mass is 35.5. The smallest absolute Gasteiger partial charge is 0.423 e. The zero-order chi connectivity index (χ0) is 22.8. The van der Waals surface area contributed by atoms with Crippen LogP contribution in [0.4, 0.5) is 24.5 Å². The molecule has 3 rings (SSSR count). The van der Waals surface area contributed by atoms with E-state index in [-0.39, 0.29) is 28.7 Å². The van der Waals surface area contributed by atoms with Gasteiger partial charge in [0.25, 0.3) is 5.91 Å². The van der Waals surface area contributed by atoms with Crippen molar-refractivity contribution < 1.29 is 27.5 Å². The number of benzene rings is 2. The highest BCUT2D eigenvalue weighted by Crippen LogP contribution is 2.45. The Kier molecular flexibility index (Phi) is 6.26. The molecule has 164 valence electrons. The standard InChI is InChI=1S/C21H19ClF3N3O3/c1-3-31-19(30)20(21(23,24)25,26-16-12-8-7-11-15(16)22)17-13(2)27-28(18(17)29)14-9-5-4-6-10-14/h4-12,17,26H,3H2,1-2H3/t17-,20+/m0/s1. The van der Waals surface area contributed by atoms with Gasteiger partial charge in [-0.3, -0.25) is 4.79 Å². The van der Waals surface area contributed by atoms with Gasteiger partial charge < -0.3 is 10.1 Å². The molecule has 0 unspecified atom stereocenters. The Labute approximate surface area is 181 Å². The van der Waals surface area contributed by atoms with E-state index in [1.807, 2.05) is 0 Å². The summed E-state index contributed by atoms with van der Waals surface area (Å²) in [6.07, 6.45) is -5.23. The van der Waals surface area contributed by atoms with Gasteiger partial charge in [0.2, 0.25) is 5.54 Å². The number of nitrogens with one attached hydrogen (secondary N) is 1. The second kappa shape index (κ2) is 8.58. The predicted molar refractivity (Wildman–Crippen MR) is 111 cm³/mol. The van der Waals surface area contributed by atoms with Crippen LogP contribution in [-0.4, -0.2) is 35.9 Å². The quantitative estimate of drug-likeness (QED) is 0.646. The maximum absolute atomic E-state index is 14.7. The summed E-state index contributed by atoms with van der Waals surface area (Å²) < 4.78 is 48.8. The van der Waals surface area contributed by atoms with Gasteiger partial charge >= 0.3 is 12.1 Å². The molecule has 0 saturated heterocycles. The van der Waals surface area contributed by atoms with Crippen LogP contribution in [0.3, 0.4) is 0 Å². The Balaban J connectivity index is 2.18. The summed E-state index contributed by atoms with van der Waals surface area (Å²) in [5.41, 5.74) is -3.54. The summed E-state index contributed by atoms with van der Waals surface area (Å²) in [5.74, 6) is -4.68. The van der Waals surface area contributed by atoms with Gasteiger partial charge in [-0.25, -0.2) is 9.80 Å². The Morgan fingerprint density at radius 3 is 2.35 bits per heavy atom. The van der Waals surface area contributed by atoms with Crippen LogP contribution < -0.4 is 10.3 Å². The molecule has 0 radical (unpaired) electrons. The number of ether oxygens (including phenoxy) is 1. The Morgan fingerprint density at radius 1 is 1.16 bits per heavy atom. The van der Waals surface area contributed by atoms with E-state index >= 15 is 0 Å². The fraction of sp³-hybridized carbons (Fsp3) is 0.286. The first-order valence-corrected chi connectivity index (χ1v) is 9.72. The molecule has 0 bridgehead atoms. The summed E-state index contributed by atoms with van der Waals surface area (Å²) in [6, 6.07) is 13.6. The Bertz CT molecular complexity index is 1010. The van der Waals surface area contributed by atoms with Crippen molar-refractivity contribution in [2.75, 3.05) is 16.9 Å². The molecule has 10 heteroatoms. The van der Waals surface area contributed by atoms with Crippen LogP contribution >= 0.6 is 11.6 Å². The number of anilines is 2. The number of hydrazone groups is 1. The van der Waals surface area contributed by atoms with Crippen LogP contribution in [0.5, 0.6) is 0 Å². The van der Waals surface area contributed by atoms with Gasteiger partial charge in [0.15, 0.2) is 0 Å². The molecule has 1 amide bonds. The van der Waals surface area contributed by atoms with Crippen LogP contribution in [0, 0.1) is 5.92 Å². The number of carbonyl (C=O) groups excluding carboxylic acids is 2. The van der Waals surface area contributed by atoms with Crippen molar-refractivity contribution in [3.05, 3.63) is 59.6 Å². The molecule has 1 aliphatic heterocycles. The minimum absolute atomic E-state index is 0.0552. The van der Waals surface area contributed by atoms with E-state index < -0.39 is 29.5 Å². The molecule has 0 aliphatic carbocycles. The lowest BCUT2D eigenvalue weighted by atomic mass is 9.79. The molecular weight excluding hydrogens is 435 g/mol. The molecule has 0 fully saturated rings. The normalized spacial score (nSPS) is 18.4. The third-order valence-corrected chi connectivity index (χ3v) is 5.14. The molecule has 1 N–H and O–H groups in total. The number of rotatable bonds is 6. The largest absolute Gasteiger partial charge is 0.464 e. The van der Waals surface area contributed by atoms with E-state index in [2.05, 4.69) is 10.4 Å². The molecule has 31 heavy (non-hydrogen) atoms. The van der Waals surface area contributed by atoms with Gasteiger partial charge in [0, 0.05) is 0 Å². The maximum atomic E-state index is 14.7. The lowest BCUT2D eigenvalue weighted by molar-refractivity contribution is -0.206. The van der Waals surface area contributed by atoms with E-state index in [0.717, 1.165) is 5.01 Å². The average molecular weight is 454 g/mol. The number of hydrogen-bond donors (Lipinski definition) is 1.